The highest BCUT2D eigenvalue weighted by Gasteiger charge is 2.29. The smallest absolute Gasteiger partial charge is 0.311 e. The first-order valence-corrected chi connectivity index (χ1v) is 11.0. The monoisotopic (exact) mass is 454 g/mol. The Labute approximate surface area is 192 Å². The van der Waals surface area contributed by atoms with E-state index in [1.807, 2.05) is 27.7 Å². The Morgan fingerprint density at radius 1 is 1.12 bits per heavy atom. The van der Waals surface area contributed by atoms with Gasteiger partial charge in [-0.15, -0.1) is 0 Å². The minimum Gasteiger partial charge on any atom is -0.508 e. The van der Waals surface area contributed by atoms with Gasteiger partial charge in [-0.1, -0.05) is 26.0 Å². The lowest BCUT2D eigenvalue weighted by atomic mass is 9.88. The first kappa shape index (κ1) is 24.2. The molecule has 176 valence electrons. The van der Waals surface area contributed by atoms with E-state index in [0.717, 1.165) is 6.07 Å². The lowest BCUT2D eigenvalue weighted by Gasteiger charge is -2.23. The molecule has 7 heteroatoms. The van der Waals surface area contributed by atoms with Gasteiger partial charge in [0, 0.05) is 12.1 Å². The number of carbonyl (C=O) groups excluding carboxylic acids is 1. The molecule has 0 atom stereocenters. The number of rotatable bonds is 9. The van der Waals surface area contributed by atoms with Gasteiger partial charge >= 0.3 is 5.97 Å². The summed E-state index contributed by atoms with van der Waals surface area (Å²) in [7, 11) is 0. The van der Waals surface area contributed by atoms with Crippen molar-refractivity contribution in [2.24, 2.45) is 11.3 Å². The minimum absolute atomic E-state index is 0.0140. The van der Waals surface area contributed by atoms with Crippen LogP contribution in [0.25, 0.3) is 22.1 Å². The summed E-state index contributed by atoms with van der Waals surface area (Å²) in [6, 6.07) is 9.35. The van der Waals surface area contributed by atoms with Gasteiger partial charge in [0.2, 0.25) is 5.43 Å². The van der Waals surface area contributed by atoms with Crippen LogP contribution in [0, 0.1) is 11.3 Å². The fraction of sp³-hybridized carbons (Fsp3) is 0.385. The van der Waals surface area contributed by atoms with Crippen LogP contribution < -0.4 is 10.2 Å². The van der Waals surface area contributed by atoms with Crippen LogP contribution in [0.3, 0.4) is 0 Å². The molecular formula is C26H30O7. The number of phenolic OH excluding ortho intramolecular Hbond substituents is 2. The quantitative estimate of drug-likeness (QED) is 0.336. The third-order valence-corrected chi connectivity index (χ3v) is 5.32. The van der Waals surface area contributed by atoms with Crippen molar-refractivity contribution in [1.29, 1.82) is 0 Å². The van der Waals surface area contributed by atoms with E-state index in [0.29, 0.717) is 43.3 Å². The Bertz CT molecular complexity index is 1170. The lowest BCUT2D eigenvalue weighted by molar-refractivity contribution is -0.155. The SMILES string of the molecule is CC(C)COC(=O)C(C)(C)CCCOc1ccc(-c2coc3cc(O)cc(O)c3c2=O)cc1. The molecule has 0 radical (unpaired) electrons. The second-order valence-electron chi connectivity index (χ2n) is 9.17. The zero-order valence-electron chi connectivity index (χ0n) is 19.4. The summed E-state index contributed by atoms with van der Waals surface area (Å²) in [5, 5.41) is 19.6. The fourth-order valence-electron chi connectivity index (χ4n) is 3.39. The molecule has 3 aromatic rings. The predicted molar refractivity (Wildman–Crippen MR) is 126 cm³/mol. The molecule has 33 heavy (non-hydrogen) atoms. The van der Waals surface area contributed by atoms with Crippen molar-refractivity contribution in [2.45, 2.75) is 40.5 Å². The highest BCUT2D eigenvalue weighted by molar-refractivity contribution is 5.88. The van der Waals surface area contributed by atoms with Gasteiger partial charge in [-0.2, -0.15) is 0 Å². The number of aromatic hydroxyl groups is 2. The molecule has 0 aliphatic rings. The van der Waals surface area contributed by atoms with Crippen molar-refractivity contribution >= 4 is 16.9 Å². The summed E-state index contributed by atoms with van der Waals surface area (Å²) in [4.78, 5) is 25.0. The van der Waals surface area contributed by atoms with Crippen LogP contribution >= 0.6 is 0 Å². The van der Waals surface area contributed by atoms with Gasteiger partial charge in [-0.3, -0.25) is 9.59 Å². The highest BCUT2D eigenvalue weighted by atomic mass is 16.5. The van der Waals surface area contributed by atoms with E-state index in [1.165, 1.54) is 12.3 Å². The maximum absolute atomic E-state index is 12.8. The summed E-state index contributed by atoms with van der Waals surface area (Å²) < 4.78 is 16.6. The number of fused-ring (bicyclic) bond motifs is 1. The third kappa shape index (κ3) is 5.86. The highest BCUT2D eigenvalue weighted by Crippen LogP contribution is 2.30. The van der Waals surface area contributed by atoms with E-state index >= 15 is 0 Å². The van der Waals surface area contributed by atoms with Crippen LogP contribution in [0.1, 0.15) is 40.5 Å². The molecule has 1 aromatic heterocycles. The average molecular weight is 455 g/mol. The molecule has 0 saturated carbocycles. The average Bonchev–Trinajstić information content (AvgIpc) is 2.75. The van der Waals surface area contributed by atoms with Crippen molar-refractivity contribution < 1.29 is 28.9 Å². The first-order valence-electron chi connectivity index (χ1n) is 11.0. The zero-order valence-corrected chi connectivity index (χ0v) is 19.4. The molecule has 0 fully saturated rings. The Hall–Kier alpha value is -3.48. The lowest BCUT2D eigenvalue weighted by Crippen LogP contribution is -2.28. The third-order valence-electron chi connectivity index (χ3n) is 5.32. The number of hydrogen-bond acceptors (Lipinski definition) is 7. The second kappa shape index (κ2) is 9.98. The van der Waals surface area contributed by atoms with Gasteiger partial charge in [0.15, 0.2) is 0 Å². The Balaban J connectivity index is 1.61. The van der Waals surface area contributed by atoms with Crippen LogP contribution in [-0.2, 0) is 9.53 Å². The summed E-state index contributed by atoms with van der Waals surface area (Å²) in [5.41, 5.74) is 0.0385. The molecule has 3 rings (SSSR count). The van der Waals surface area contributed by atoms with Crippen LogP contribution in [0.15, 0.2) is 51.9 Å². The van der Waals surface area contributed by atoms with Crippen molar-refractivity contribution in [1.82, 2.24) is 0 Å². The predicted octanol–water partition coefficient (Wildman–Crippen LogP) is 5.26. The van der Waals surface area contributed by atoms with Gasteiger partial charge in [0.25, 0.3) is 0 Å². The van der Waals surface area contributed by atoms with E-state index in [2.05, 4.69) is 0 Å². The van der Waals surface area contributed by atoms with Crippen molar-refractivity contribution in [2.75, 3.05) is 13.2 Å². The second-order valence-corrected chi connectivity index (χ2v) is 9.17. The number of hydrogen-bond donors (Lipinski definition) is 2. The fourth-order valence-corrected chi connectivity index (χ4v) is 3.39. The standard InChI is InChI=1S/C26H30O7/c1-16(2)14-33-25(30)26(3,4)10-5-11-31-19-8-6-17(7-9-19)20-15-32-22-13-18(27)12-21(28)23(22)24(20)29/h6-9,12-13,15-16,27-28H,5,10-11,14H2,1-4H3. The van der Waals surface area contributed by atoms with Crippen LogP contribution in [0.5, 0.6) is 17.2 Å². The zero-order chi connectivity index (χ0) is 24.2. The summed E-state index contributed by atoms with van der Waals surface area (Å²) in [5.74, 6) is 0.217. The molecule has 2 N–H and O–H groups in total. The van der Waals surface area contributed by atoms with Crippen molar-refractivity contribution in [3.63, 3.8) is 0 Å². The van der Waals surface area contributed by atoms with Crippen molar-refractivity contribution in [3.8, 4) is 28.4 Å². The van der Waals surface area contributed by atoms with E-state index in [4.69, 9.17) is 13.9 Å². The van der Waals surface area contributed by atoms with Gasteiger partial charge in [-0.25, -0.2) is 0 Å². The van der Waals surface area contributed by atoms with E-state index in [-0.39, 0.29) is 34.0 Å². The minimum atomic E-state index is -0.575. The van der Waals surface area contributed by atoms with Gasteiger partial charge in [-0.05, 0) is 50.3 Å². The Kier molecular flexibility index (Phi) is 7.31. The molecule has 7 nitrogen and oxygen atoms in total. The Morgan fingerprint density at radius 3 is 2.48 bits per heavy atom. The molecule has 0 aliphatic heterocycles. The van der Waals surface area contributed by atoms with Gasteiger partial charge in [0.05, 0.1) is 24.2 Å². The van der Waals surface area contributed by atoms with E-state index in [9.17, 15) is 19.8 Å². The normalized spacial score (nSPS) is 11.7. The largest absolute Gasteiger partial charge is 0.508 e. The summed E-state index contributed by atoms with van der Waals surface area (Å²) >= 11 is 0. The number of ether oxygens (including phenoxy) is 2. The number of benzene rings is 2. The molecule has 0 saturated heterocycles. The van der Waals surface area contributed by atoms with E-state index < -0.39 is 10.8 Å². The molecule has 0 spiro atoms. The molecular weight excluding hydrogens is 424 g/mol. The van der Waals surface area contributed by atoms with Crippen LogP contribution in [-0.4, -0.2) is 29.4 Å². The number of esters is 1. The summed E-state index contributed by atoms with van der Waals surface area (Å²) in [6.07, 6.45) is 2.63. The first-order chi connectivity index (χ1) is 15.6. The maximum Gasteiger partial charge on any atom is 0.311 e. The maximum atomic E-state index is 12.8. The molecule has 0 amide bonds. The molecule has 0 bridgehead atoms. The molecule has 0 unspecified atom stereocenters. The van der Waals surface area contributed by atoms with Crippen LogP contribution in [0.4, 0.5) is 0 Å². The number of phenols is 2. The van der Waals surface area contributed by atoms with Crippen LogP contribution in [0.2, 0.25) is 0 Å². The van der Waals surface area contributed by atoms with Gasteiger partial charge in [0.1, 0.15) is 34.5 Å². The van der Waals surface area contributed by atoms with Gasteiger partial charge < -0.3 is 24.1 Å². The summed E-state index contributed by atoms with van der Waals surface area (Å²) in [6.45, 7) is 8.61. The topological polar surface area (TPSA) is 106 Å². The number of carbonyl (C=O) groups is 1. The van der Waals surface area contributed by atoms with Crippen molar-refractivity contribution in [3.05, 3.63) is 52.9 Å². The van der Waals surface area contributed by atoms with E-state index in [1.54, 1.807) is 24.3 Å². The molecule has 1 heterocycles. The molecule has 0 aliphatic carbocycles. The molecule has 2 aromatic carbocycles. The Morgan fingerprint density at radius 2 is 1.82 bits per heavy atom.